The molecule has 0 aliphatic heterocycles. The quantitative estimate of drug-likeness (QED) is 0.592. The molecule has 0 heterocycles. The lowest BCUT2D eigenvalue weighted by molar-refractivity contribution is -0.129. The molecule has 1 N–H and O–H groups in total. The fourth-order valence-corrected chi connectivity index (χ4v) is 0.454. The van der Waals surface area contributed by atoms with E-state index in [1.165, 1.54) is 14.0 Å². The van der Waals surface area contributed by atoms with Gasteiger partial charge in [-0.2, -0.15) is 0 Å². The molecule has 0 aromatic rings. The van der Waals surface area contributed by atoms with E-state index < -0.39 is 0 Å². The lowest BCUT2D eigenvalue weighted by atomic mass is 10.4. The Hall–Kier alpha value is -0.900. The molecule has 4 nitrogen and oxygen atoms in total. The van der Waals surface area contributed by atoms with Crippen LogP contribution in [0, 0.1) is 0 Å². The highest BCUT2D eigenvalue weighted by atomic mass is 16.5. The molecule has 0 rings (SSSR count). The van der Waals surface area contributed by atoms with Crippen LogP contribution >= 0.6 is 0 Å². The molecule has 0 fully saturated rings. The van der Waals surface area contributed by atoms with Gasteiger partial charge in [0, 0.05) is 14.0 Å². The zero-order valence-electron chi connectivity index (χ0n) is 6.14. The monoisotopic (exact) mass is 145 g/mol. The molecule has 0 aromatic carbocycles. The summed E-state index contributed by atoms with van der Waals surface area (Å²) in [6, 6.07) is 0. The Bertz CT molecular complexity index is 133. The van der Waals surface area contributed by atoms with Gasteiger partial charge in [0.2, 0.25) is 11.8 Å². The standard InChI is InChI=1S/C6H11NO3/c1-5(8)7-6(9)3-4-10-2/h3-4H2,1-2H3,(H,7,8,9). The van der Waals surface area contributed by atoms with Gasteiger partial charge in [0.25, 0.3) is 0 Å². The van der Waals surface area contributed by atoms with Crippen LogP contribution in [0.4, 0.5) is 0 Å². The molecule has 2 amide bonds. The van der Waals surface area contributed by atoms with Gasteiger partial charge in [-0.25, -0.2) is 0 Å². The maximum Gasteiger partial charge on any atom is 0.228 e. The van der Waals surface area contributed by atoms with Gasteiger partial charge in [-0.3, -0.25) is 14.9 Å². The first-order valence-corrected chi connectivity index (χ1v) is 2.96. The summed E-state index contributed by atoms with van der Waals surface area (Å²) in [6.45, 7) is 1.64. The van der Waals surface area contributed by atoms with E-state index in [0.29, 0.717) is 6.61 Å². The van der Waals surface area contributed by atoms with Crippen molar-refractivity contribution in [2.24, 2.45) is 0 Å². The van der Waals surface area contributed by atoms with Crippen LogP contribution in [0.15, 0.2) is 0 Å². The predicted octanol–water partition coefficient (Wildman–Crippen LogP) is -0.314. The lowest BCUT2D eigenvalue weighted by Gasteiger charge is -1.98. The Labute approximate surface area is 59.6 Å². The molecular formula is C6H11NO3. The molecule has 0 atom stereocenters. The van der Waals surface area contributed by atoms with Gasteiger partial charge in [0.1, 0.15) is 0 Å². The maximum atomic E-state index is 10.6. The molecule has 0 radical (unpaired) electrons. The van der Waals surface area contributed by atoms with Crippen LogP contribution < -0.4 is 5.32 Å². The highest BCUT2D eigenvalue weighted by Gasteiger charge is 2.00. The zero-order chi connectivity index (χ0) is 7.98. The Morgan fingerprint density at radius 2 is 2.10 bits per heavy atom. The number of hydrogen-bond donors (Lipinski definition) is 1. The van der Waals surface area contributed by atoms with E-state index in [9.17, 15) is 9.59 Å². The third kappa shape index (κ3) is 5.24. The Morgan fingerprint density at radius 3 is 2.50 bits per heavy atom. The van der Waals surface area contributed by atoms with Gasteiger partial charge in [0.15, 0.2) is 0 Å². The van der Waals surface area contributed by atoms with Gasteiger partial charge in [0.05, 0.1) is 13.0 Å². The topological polar surface area (TPSA) is 55.4 Å². The van der Waals surface area contributed by atoms with E-state index in [1.54, 1.807) is 0 Å². The van der Waals surface area contributed by atoms with E-state index in [0.717, 1.165) is 0 Å². The second-order valence-corrected chi connectivity index (χ2v) is 1.85. The highest BCUT2D eigenvalue weighted by Crippen LogP contribution is 1.79. The predicted molar refractivity (Wildman–Crippen MR) is 35.3 cm³/mol. The average molecular weight is 145 g/mol. The largest absolute Gasteiger partial charge is 0.384 e. The van der Waals surface area contributed by atoms with E-state index >= 15 is 0 Å². The molecule has 58 valence electrons. The number of hydrogen-bond acceptors (Lipinski definition) is 3. The summed E-state index contributed by atoms with van der Waals surface area (Å²) in [5.74, 6) is -0.629. The first-order valence-electron chi connectivity index (χ1n) is 2.96. The second-order valence-electron chi connectivity index (χ2n) is 1.85. The smallest absolute Gasteiger partial charge is 0.228 e. The van der Waals surface area contributed by atoms with Gasteiger partial charge < -0.3 is 4.74 Å². The number of imide groups is 1. The van der Waals surface area contributed by atoms with Crippen LogP contribution in [0.25, 0.3) is 0 Å². The molecule has 0 saturated carbocycles. The van der Waals surface area contributed by atoms with Crippen molar-refractivity contribution in [3.8, 4) is 0 Å². The summed E-state index contributed by atoms with van der Waals surface area (Å²) in [6.07, 6.45) is 0.232. The van der Waals surface area contributed by atoms with Crippen LogP contribution in [0.2, 0.25) is 0 Å². The molecule has 0 aromatic heterocycles. The lowest BCUT2D eigenvalue weighted by Crippen LogP contribution is -2.28. The van der Waals surface area contributed by atoms with Crippen molar-refractivity contribution in [2.45, 2.75) is 13.3 Å². The van der Waals surface area contributed by atoms with Crippen molar-refractivity contribution < 1.29 is 14.3 Å². The van der Waals surface area contributed by atoms with Crippen molar-refractivity contribution in [1.82, 2.24) is 5.32 Å². The van der Waals surface area contributed by atoms with Gasteiger partial charge >= 0.3 is 0 Å². The molecule has 0 saturated heterocycles. The zero-order valence-corrected chi connectivity index (χ0v) is 6.14. The number of methoxy groups -OCH3 is 1. The van der Waals surface area contributed by atoms with E-state index in [1.807, 2.05) is 0 Å². The van der Waals surface area contributed by atoms with Gasteiger partial charge in [-0.05, 0) is 0 Å². The third-order valence-corrected chi connectivity index (χ3v) is 0.849. The summed E-state index contributed by atoms with van der Waals surface area (Å²) >= 11 is 0. The van der Waals surface area contributed by atoms with Crippen molar-refractivity contribution in [3.63, 3.8) is 0 Å². The number of ether oxygens (including phenoxy) is 1. The molecule has 0 aliphatic rings. The van der Waals surface area contributed by atoms with Crippen LogP contribution in [0.1, 0.15) is 13.3 Å². The highest BCUT2D eigenvalue weighted by molar-refractivity contribution is 5.93. The number of nitrogens with one attached hydrogen (secondary N) is 1. The summed E-state index contributed by atoms with van der Waals surface area (Å²) in [7, 11) is 1.50. The molecule has 4 heteroatoms. The SMILES string of the molecule is COCCC(=O)NC(C)=O. The Balaban J connectivity index is 3.35. The number of carbonyl (C=O) groups is 2. The fourth-order valence-electron chi connectivity index (χ4n) is 0.454. The van der Waals surface area contributed by atoms with E-state index in [2.05, 4.69) is 10.1 Å². The average Bonchev–Trinajstić information content (AvgIpc) is 1.82. The third-order valence-electron chi connectivity index (χ3n) is 0.849. The van der Waals surface area contributed by atoms with E-state index in [-0.39, 0.29) is 18.2 Å². The van der Waals surface area contributed by atoms with Crippen molar-refractivity contribution >= 4 is 11.8 Å². The summed E-state index contributed by atoms with van der Waals surface area (Å²) in [4.78, 5) is 20.8. The van der Waals surface area contributed by atoms with Crippen molar-refractivity contribution in [3.05, 3.63) is 0 Å². The van der Waals surface area contributed by atoms with Crippen molar-refractivity contribution in [1.29, 1.82) is 0 Å². The van der Waals surface area contributed by atoms with Gasteiger partial charge in [-0.15, -0.1) is 0 Å². The molecule has 0 spiro atoms. The minimum atomic E-state index is -0.332. The van der Waals surface area contributed by atoms with Gasteiger partial charge in [-0.1, -0.05) is 0 Å². The Morgan fingerprint density at radius 1 is 1.50 bits per heavy atom. The van der Waals surface area contributed by atoms with E-state index in [4.69, 9.17) is 0 Å². The maximum absolute atomic E-state index is 10.6. The fraction of sp³-hybridized carbons (Fsp3) is 0.667. The van der Waals surface area contributed by atoms with Crippen molar-refractivity contribution in [2.75, 3.05) is 13.7 Å². The first-order chi connectivity index (χ1) is 4.66. The van der Waals surface area contributed by atoms with Crippen LogP contribution in [0.5, 0.6) is 0 Å². The molecule has 0 aliphatic carbocycles. The molecule has 0 bridgehead atoms. The number of carbonyl (C=O) groups excluding carboxylic acids is 2. The number of amides is 2. The minimum absolute atomic E-state index is 0.232. The minimum Gasteiger partial charge on any atom is -0.384 e. The first kappa shape index (κ1) is 9.10. The molecular weight excluding hydrogens is 134 g/mol. The number of rotatable bonds is 3. The van der Waals surface area contributed by atoms with Crippen LogP contribution in [-0.4, -0.2) is 25.5 Å². The summed E-state index contributed by atoms with van der Waals surface area (Å²) in [5, 5.41) is 2.12. The summed E-state index contributed by atoms with van der Waals surface area (Å²) in [5.41, 5.74) is 0. The second kappa shape index (κ2) is 4.93. The van der Waals surface area contributed by atoms with Crippen LogP contribution in [0.3, 0.4) is 0 Å². The summed E-state index contributed by atoms with van der Waals surface area (Å²) < 4.78 is 4.62. The van der Waals surface area contributed by atoms with Crippen LogP contribution in [-0.2, 0) is 14.3 Å². The normalized spacial score (nSPS) is 9.00. The molecule has 10 heavy (non-hydrogen) atoms. The molecule has 0 unspecified atom stereocenters. The Kier molecular flexibility index (Phi) is 4.49.